The number of aryl methyl sites for hydroxylation is 2. The zero-order chi connectivity index (χ0) is 13.8. The van der Waals surface area contributed by atoms with E-state index in [-0.39, 0.29) is 24.8 Å². The van der Waals surface area contributed by atoms with Crippen LogP contribution in [0.25, 0.3) is 10.9 Å². The Morgan fingerprint density at radius 3 is 2.48 bits per heavy atom. The molecule has 0 aliphatic rings. The van der Waals surface area contributed by atoms with Crippen LogP contribution in [0, 0.1) is 13.8 Å². The van der Waals surface area contributed by atoms with Crippen LogP contribution in [0.2, 0.25) is 0 Å². The first-order valence-electron chi connectivity index (χ1n) is 6.83. The number of benzene rings is 1. The van der Waals surface area contributed by atoms with Crippen molar-refractivity contribution in [3.63, 3.8) is 0 Å². The standard InChI is InChI=1S/C16H23N3.2ClH/c1-12-6-7-15-14(10-12)16(11-13(2)18-15)17-8-5-9-19(3)4;;/h6-7,10-11H,5,8-9H2,1-4H3,(H,17,18);2*1H. The van der Waals surface area contributed by atoms with Crippen molar-refractivity contribution < 1.29 is 0 Å². The van der Waals surface area contributed by atoms with E-state index in [1.807, 2.05) is 6.92 Å². The Bertz CT molecular complexity index is 571. The number of anilines is 1. The van der Waals surface area contributed by atoms with Crippen LogP contribution in [0.3, 0.4) is 0 Å². The monoisotopic (exact) mass is 329 g/mol. The minimum Gasteiger partial charge on any atom is -0.384 e. The maximum atomic E-state index is 4.59. The molecule has 5 heteroatoms. The van der Waals surface area contributed by atoms with Gasteiger partial charge < -0.3 is 10.2 Å². The summed E-state index contributed by atoms with van der Waals surface area (Å²) in [6, 6.07) is 8.56. The number of pyridine rings is 1. The lowest BCUT2D eigenvalue weighted by Gasteiger charge is -2.13. The van der Waals surface area contributed by atoms with Crippen LogP contribution in [0.15, 0.2) is 24.3 Å². The summed E-state index contributed by atoms with van der Waals surface area (Å²) in [5.74, 6) is 0. The first-order valence-corrected chi connectivity index (χ1v) is 6.83. The fourth-order valence-electron chi connectivity index (χ4n) is 2.24. The van der Waals surface area contributed by atoms with Crippen LogP contribution >= 0.6 is 24.8 Å². The molecule has 1 N–H and O–H groups in total. The zero-order valence-electron chi connectivity index (χ0n) is 13.1. The van der Waals surface area contributed by atoms with Gasteiger partial charge in [-0.15, -0.1) is 24.8 Å². The van der Waals surface area contributed by atoms with E-state index in [1.54, 1.807) is 0 Å². The number of hydrogen-bond donors (Lipinski definition) is 1. The Labute approximate surface area is 140 Å². The third-order valence-corrected chi connectivity index (χ3v) is 3.19. The van der Waals surface area contributed by atoms with Gasteiger partial charge in [-0.2, -0.15) is 0 Å². The highest BCUT2D eigenvalue weighted by Crippen LogP contribution is 2.24. The van der Waals surface area contributed by atoms with Crippen LogP contribution in [-0.4, -0.2) is 37.1 Å². The number of nitrogens with zero attached hydrogens (tertiary/aromatic N) is 2. The summed E-state index contributed by atoms with van der Waals surface area (Å²) in [4.78, 5) is 6.80. The molecule has 0 amide bonds. The van der Waals surface area contributed by atoms with Gasteiger partial charge in [-0.3, -0.25) is 4.98 Å². The predicted molar refractivity (Wildman–Crippen MR) is 97.4 cm³/mol. The molecule has 2 aromatic rings. The van der Waals surface area contributed by atoms with E-state index in [9.17, 15) is 0 Å². The van der Waals surface area contributed by atoms with Gasteiger partial charge in [0.15, 0.2) is 0 Å². The molecule has 0 aliphatic heterocycles. The second-order valence-electron chi connectivity index (χ2n) is 5.42. The normalized spacial score (nSPS) is 10.1. The van der Waals surface area contributed by atoms with Crippen LogP contribution in [0.1, 0.15) is 17.7 Å². The Balaban J connectivity index is 0.00000200. The number of hydrogen-bond acceptors (Lipinski definition) is 3. The van der Waals surface area contributed by atoms with E-state index >= 15 is 0 Å². The fraction of sp³-hybridized carbons (Fsp3) is 0.438. The number of rotatable bonds is 5. The lowest BCUT2D eigenvalue weighted by Crippen LogP contribution is -2.16. The van der Waals surface area contributed by atoms with Crippen molar-refractivity contribution in [1.29, 1.82) is 0 Å². The lowest BCUT2D eigenvalue weighted by atomic mass is 10.1. The Hall–Kier alpha value is -1.03. The summed E-state index contributed by atoms with van der Waals surface area (Å²) in [6.45, 7) is 6.26. The van der Waals surface area contributed by atoms with Crippen molar-refractivity contribution in [2.75, 3.05) is 32.5 Å². The molecule has 118 valence electrons. The second kappa shape index (κ2) is 9.08. The van der Waals surface area contributed by atoms with Gasteiger partial charge in [-0.05, 0) is 59.1 Å². The van der Waals surface area contributed by atoms with Gasteiger partial charge in [0.25, 0.3) is 0 Å². The highest BCUT2D eigenvalue weighted by molar-refractivity contribution is 5.91. The van der Waals surface area contributed by atoms with Crippen LogP contribution in [0.4, 0.5) is 5.69 Å². The molecule has 0 spiro atoms. The van der Waals surface area contributed by atoms with Crippen molar-refractivity contribution in [1.82, 2.24) is 9.88 Å². The number of fused-ring (bicyclic) bond motifs is 1. The van der Waals surface area contributed by atoms with Gasteiger partial charge in [-0.25, -0.2) is 0 Å². The Morgan fingerprint density at radius 2 is 1.81 bits per heavy atom. The SMILES string of the molecule is Cc1ccc2nc(C)cc(NCCCN(C)C)c2c1.Cl.Cl. The number of aromatic nitrogens is 1. The summed E-state index contributed by atoms with van der Waals surface area (Å²) >= 11 is 0. The Morgan fingerprint density at radius 1 is 1.10 bits per heavy atom. The average molecular weight is 330 g/mol. The maximum absolute atomic E-state index is 4.59. The number of halogens is 2. The van der Waals surface area contributed by atoms with E-state index in [1.165, 1.54) is 16.6 Å². The predicted octanol–water partition coefficient (Wildman–Crippen LogP) is 4.06. The molecule has 3 nitrogen and oxygen atoms in total. The molecular weight excluding hydrogens is 305 g/mol. The highest BCUT2D eigenvalue weighted by atomic mass is 35.5. The summed E-state index contributed by atoms with van der Waals surface area (Å²) in [5, 5.41) is 4.76. The van der Waals surface area contributed by atoms with Crippen molar-refractivity contribution in [2.45, 2.75) is 20.3 Å². The van der Waals surface area contributed by atoms with E-state index in [4.69, 9.17) is 0 Å². The zero-order valence-corrected chi connectivity index (χ0v) is 14.8. The van der Waals surface area contributed by atoms with Gasteiger partial charge in [0.05, 0.1) is 5.52 Å². The molecule has 0 aliphatic carbocycles. The molecule has 2 rings (SSSR count). The molecule has 0 unspecified atom stereocenters. The van der Waals surface area contributed by atoms with Crippen molar-refractivity contribution >= 4 is 41.4 Å². The quantitative estimate of drug-likeness (QED) is 0.838. The van der Waals surface area contributed by atoms with Crippen molar-refractivity contribution in [2.24, 2.45) is 0 Å². The van der Waals surface area contributed by atoms with Crippen LogP contribution in [0.5, 0.6) is 0 Å². The third kappa shape index (κ3) is 5.70. The maximum Gasteiger partial charge on any atom is 0.0726 e. The molecule has 0 saturated heterocycles. The molecular formula is C16H25Cl2N3. The van der Waals surface area contributed by atoms with Gasteiger partial charge in [0, 0.05) is 23.3 Å². The van der Waals surface area contributed by atoms with E-state index in [0.717, 1.165) is 30.7 Å². The van der Waals surface area contributed by atoms with Gasteiger partial charge in [0.1, 0.15) is 0 Å². The summed E-state index contributed by atoms with van der Waals surface area (Å²) in [7, 11) is 4.21. The number of nitrogens with one attached hydrogen (secondary N) is 1. The largest absolute Gasteiger partial charge is 0.384 e. The van der Waals surface area contributed by atoms with Gasteiger partial charge in [-0.1, -0.05) is 11.6 Å². The Kier molecular flexibility index (Phi) is 8.64. The molecule has 0 radical (unpaired) electrons. The van der Waals surface area contributed by atoms with Gasteiger partial charge in [0.2, 0.25) is 0 Å². The van der Waals surface area contributed by atoms with E-state index in [0.29, 0.717) is 0 Å². The molecule has 1 aromatic carbocycles. The van der Waals surface area contributed by atoms with Crippen molar-refractivity contribution in [3.8, 4) is 0 Å². The van der Waals surface area contributed by atoms with Gasteiger partial charge >= 0.3 is 0 Å². The molecule has 0 fully saturated rings. The molecule has 1 heterocycles. The molecule has 0 atom stereocenters. The lowest BCUT2D eigenvalue weighted by molar-refractivity contribution is 0.405. The minimum absolute atomic E-state index is 0. The average Bonchev–Trinajstić information content (AvgIpc) is 2.35. The summed E-state index contributed by atoms with van der Waals surface area (Å²) in [6.07, 6.45) is 1.14. The first-order chi connectivity index (χ1) is 9.06. The molecule has 1 aromatic heterocycles. The van der Waals surface area contributed by atoms with Crippen LogP contribution < -0.4 is 5.32 Å². The molecule has 0 saturated carbocycles. The fourth-order valence-corrected chi connectivity index (χ4v) is 2.24. The summed E-state index contributed by atoms with van der Waals surface area (Å²) < 4.78 is 0. The van der Waals surface area contributed by atoms with E-state index in [2.05, 4.69) is 60.5 Å². The second-order valence-corrected chi connectivity index (χ2v) is 5.42. The third-order valence-electron chi connectivity index (χ3n) is 3.19. The summed E-state index contributed by atoms with van der Waals surface area (Å²) in [5.41, 5.74) is 4.60. The molecule has 21 heavy (non-hydrogen) atoms. The minimum atomic E-state index is 0. The first kappa shape index (κ1) is 20.0. The van der Waals surface area contributed by atoms with Crippen molar-refractivity contribution in [3.05, 3.63) is 35.5 Å². The topological polar surface area (TPSA) is 28.2 Å². The van der Waals surface area contributed by atoms with E-state index < -0.39 is 0 Å². The highest BCUT2D eigenvalue weighted by Gasteiger charge is 2.04. The smallest absolute Gasteiger partial charge is 0.0726 e. The van der Waals surface area contributed by atoms with Crippen LogP contribution in [-0.2, 0) is 0 Å². The molecule has 0 bridgehead atoms.